The molecule has 0 radical (unpaired) electrons. The van der Waals surface area contributed by atoms with Crippen LogP contribution in [-0.2, 0) is 0 Å². The van der Waals surface area contributed by atoms with E-state index in [-0.39, 0.29) is 22.7 Å². The summed E-state index contributed by atoms with van der Waals surface area (Å²) < 4.78 is 44.2. The highest BCUT2D eigenvalue weighted by atomic mass is 35.5. The number of halogens is 4. The summed E-state index contributed by atoms with van der Waals surface area (Å²) in [4.78, 5) is 12.3. The van der Waals surface area contributed by atoms with E-state index in [0.717, 1.165) is 0 Å². The number of H-pyrrole nitrogens is 1. The van der Waals surface area contributed by atoms with Crippen molar-refractivity contribution in [3.8, 4) is 5.88 Å². The predicted octanol–water partition coefficient (Wildman–Crippen LogP) is 3.69. The molecule has 0 aliphatic rings. The molecule has 4 aromatic rings. The molecule has 13 heteroatoms. The molecule has 0 spiro atoms. The van der Waals surface area contributed by atoms with Crippen LogP contribution in [-0.4, -0.2) is 41.5 Å². The summed E-state index contributed by atoms with van der Waals surface area (Å²) >= 11 is 6.15. The summed E-state index contributed by atoms with van der Waals surface area (Å²) in [5.74, 6) is -0.421. The SMILES string of the molecule is CC(c1cccnc1F)n1nc(Cl)c2ncc(Nc3cc(OC(F)F)n[nH]3)nc21. The fraction of sp³-hybridized carbons (Fsp3) is 0.188. The van der Waals surface area contributed by atoms with Crippen molar-refractivity contribution in [2.45, 2.75) is 19.6 Å². The Morgan fingerprint density at radius 2 is 2.14 bits per heavy atom. The minimum Gasteiger partial charge on any atom is -0.415 e. The molecular formula is C16H12ClF3N8O. The number of ether oxygens (including phenoxy) is 1. The molecule has 2 N–H and O–H groups in total. The maximum atomic E-state index is 14.1. The van der Waals surface area contributed by atoms with Gasteiger partial charge in [-0.3, -0.25) is 5.10 Å². The van der Waals surface area contributed by atoms with Crippen molar-refractivity contribution in [3.63, 3.8) is 0 Å². The molecular weight excluding hydrogens is 413 g/mol. The van der Waals surface area contributed by atoms with E-state index >= 15 is 0 Å². The van der Waals surface area contributed by atoms with Gasteiger partial charge in [-0.2, -0.15) is 18.3 Å². The molecule has 0 amide bonds. The van der Waals surface area contributed by atoms with Crippen LogP contribution in [0.5, 0.6) is 5.88 Å². The highest BCUT2D eigenvalue weighted by Crippen LogP contribution is 2.28. The third-order valence-corrected chi connectivity index (χ3v) is 4.25. The molecule has 4 heterocycles. The zero-order valence-electron chi connectivity index (χ0n) is 14.6. The highest BCUT2D eigenvalue weighted by Gasteiger charge is 2.21. The van der Waals surface area contributed by atoms with E-state index < -0.39 is 18.6 Å². The van der Waals surface area contributed by atoms with Gasteiger partial charge < -0.3 is 10.1 Å². The van der Waals surface area contributed by atoms with E-state index in [4.69, 9.17) is 11.6 Å². The van der Waals surface area contributed by atoms with E-state index in [9.17, 15) is 13.2 Å². The van der Waals surface area contributed by atoms with Gasteiger partial charge in [0.2, 0.25) is 11.8 Å². The first-order valence-corrected chi connectivity index (χ1v) is 8.58. The maximum absolute atomic E-state index is 14.1. The predicted molar refractivity (Wildman–Crippen MR) is 96.8 cm³/mol. The minimum atomic E-state index is -2.99. The molecule has 0 aromatic carbocycles. The first kappa shape index (κ1) is 18.9. The Balaban J connectivity index is 1.67. The summed E-state index contributed by atoms with van der Waals surface area (Å²) in [7, 11) is 0. The Bertz CT molecular complexity index is 1160. The van der Waals surface area contributed by atoms with Crippen molar-refractivity contribution in [2.24, 2.45) is 0 Å². The smallest absolute Gasteiger partial charge is 0.388 e. The molecule has 0 saturated heterocycles. The van der Waals surface area contributed by atoms with Crippen LogP contribution in [0.3, 0.4) is 0 Å². The van der Waals surface area contributed by atoms with E-state index in [1.54, 1.807) is 19.1 Å². The fourth-order valence-electron chi connectivity index (χ4n) is 2.70. The lowest BCUT2D eigenvalue weighted by molar-refractivity contribution is -0.0528. The highest BCUT2D eigenvalue weighted by molar-refractivity contribution is 6.33. The Morgan fingerprint density at radius 3 is 2.90 bits per heavy atom. The monoisotopic (exact) mass is 424 g/mol. The van der Waals surface area contributed by atoms with Crippen LogP contribution < -0.4 is 10.1 Å². The quantitative estimate of drug-likeness (QED) is 0.454. The molecule has 0 fully saturated rings. The molecule has 0 saturated carbocycles. The fourth-order valence-corrected chi connectivity index (χ4v) is 2.92. The van der Waals surface area contributed by atoms with E-state index in [0.29, 0.717) is 16.7 Å². The van der Waals surface area contributed by atoms with Gasteiger partial charge in [0.25, 0.3) is 0 Å². The van der Waals surface area contributed by atoms with Gasteiger partial charge in [-0.05, 0) is 13.0 Å². The molecule has 150 valence electrons. The van der Waals surface area contributed by atoms with Crippen LogP contribution in [0.15, 0.2) is 30.6 Å². The summed E-state index contributed by atoms with van der Waals surface area (Å²) in [5.41, 5.74) is 0.912. The molecule has 4 aromatic heterocycles. The summed E-state index contributed by atoms with van der Waals surface area (Å²) in [5, 5.41) is 13.2. The lowest BCUT2D eigenvalue weighted by Gasteiger charge is -2.13. The molecule has 29 heavy (non-hydrogen) atoms. The van der Waals surface area contributed by atoms with Crippen molar-refractivity contribution >= 4 is 34.4 Å². The number of aromatic amines is 1. The van der Waals surface area contributed by atoms with Gasteiger partial charge in [-0.15, -0.1) is 5.10 Å². The Hall–Kier alpha value is -3.41. The summed E-state index contributed by atoms with van der Waals surface area (Å²) in [6.07, 6.45) is 2.72. The number of rotatable bonds is 6. The Labute approximate surface area is 165 Å². The van der Waals surface area contributed by atoms with Gasteiger partial charge in [0.1, 0.15) is 11.3 Å². The normalized spacial score (nSPS) is 12.5. The number of nitrogens with one attached hydrogen (secondary N) is 2. The van der Waals surface area contributed by atoms with Gasteiger partial charge in [-0.25, -0.2) is 19.6 Å². The minimum absolute atomic E-state index is 0.101. The number of aromatic nitrogens is 7. The lowest BCUT2D eigenvalue weighted by Crippen LogP contribution is -2.12. The van der Waals surface area contributed by atoms with Crippen molar-refractivity contribution < 1.29 is 17.9 Å². The topological polar surface area (TPSA) is 106 Å². The Kier molecular flexibility index (Phi) is 4.92. The Morgan fingerprint density at radius 1 is 1.31 bits per heavy atom. The largest absolute Gasteiger partial charge is 0.415 e. The average Bonchev–Trinajstić information content (AvgIpc) is 3.25. The van der Waals surface area contributed by atoms with E-state index in [2.05, 4.69) is 40.3 Å². The molecule has 0 aliphatic carbocycles. The third kappa shape index (κ3) is 3.78. The number of pyridine rings is 1. The summed E-state index contributed by atoms with van der Waals surface area (Å²) in [6, 6.07) is 3.86. The second-order valence-electron chi connectivity index (χ2n) is 5.85. The first-order chi connectivity index (χ1) is 13.9. The van der Waals surface area contributed by atoms with Crippen LogP contribution in [0.2, 0.25) is 5.15 Å². The molecule has 9 nitrogen and oxygen atoms in total. The molecule has 0 aliphatic heterocycles. The van der Waals surface area contributed by atoms with Crippen LogP contribution in [0.4, 0.5) is 24.8 Å². The zero-order chi connectivity index (χ0) is 20.5. The number of fused-ring (bicyclic) bond motifs is 1. The van der Waals surface area contributed by atoms with Crippen molar-refractivity contribution in [1.29, 1.82) is 0 Å². The first-order valence-electron chi connectivity index (χ1n) is 8.21. The van der Waals surface area contributed by atoms with Crippen molar-refractivity contribution in [3.05, 3.63) is 47.3 Å². The summed E-state index contributed by atoms with van der Waals surface area (Å²) in [6.45, 7) is -1.28. The van der Waals surface area contributed by atoms with Gasteiger partial charge in [0, 0.05) is 17.8 Å². The average molecular weight is 425 g/mol. The van der Waals surface area contributed by atoms with Gasteiger partial charge in [0.15, 0.2) is 16.6 Å². The number of anilines is 2. The van der Waals surface area contributed by atoms with E-state index in [1.165, 1.54) is 23.1 Å². The zero-order valence-corrected chi connectivity index (χ0v) is 15.4. The number of alkyl halides is 2. The van der Waals surface area contributed by atoms with Crippen LogP contribution in [0.1, 0.15) is 18.5 Å². The van der Waals surface area contributed by atoms with Crippen LogP contribution >= 0.6 is 11.6 Å². The van der Waals surface area contributed by atoms with Crippen molar-refractivity contribution in [1.82, 2.24) is 34.9 Å². The molecule has 4 rings (SSSR count). The second-order valence-corrected chi connectivity index (χ2v) is 6.20. The van der Waals surface area contributed by atoms with Gasteiger partial charge in [0.05, 0.1) is 12.2 Å². The number of hydrogen-bond acceptors (Lipinski definition) is 7. The standard InChI is InChI=1S/C16H12ClF3N8O/c1-7(8-3-2-4-21-14(8)18)28-15-12(13(17)27-28)22-6-10(24-15)23-9-5-11(26-25-9)29-16(19)20/h2-7,16H,1H3,(H2,23,24,25,26). The maximum Gasteiger partial charge on any atom is 0.388 e. The molecule has 1 unspecified atom stereocenters. The number of nitrogens with zero attached hydrogens (tertiary/aromatic N) is 6. The number of hydrogen-bond donors (Lipinski definition) is 2. The van der Waals surface area contributed by atoms with Crippen LogP contribution in [0, 0.1) is 5.95 Å². The molecule has 0 bridgehead atoms. The third-order valence-electron chi connectivity index (χ3n) is 3.99. The molecule has 1 atom stereocenters. The van der Waals surface area contributed by atoms with E-state index in [1.807, 2.05) is 0 Å². The lowest BCUT2D eigenvalue weighted by atomic mass is 10.1. The van der Waals surface area contributed by atoms with Gasteiger partial charge in [-0.1, -0.05) is 17.7 Å². The van der Waals surface area contributed by atoms with Gasteiger partial charge >= 0.3 is 6.61 Å². The van der Waals surface area contributed by atoms with Crippen LogP contribution in [0.25, 0.3) is 11.2 Å². The van der Waals surface area contributed by atoms with Crippen molar-refractivity contribution in [2.75, 3.05) is 5.32 Å². The second kappa shape index (κ2) is 7.54.